The maximum Gasteiger partial charge on any atom is 0.330 e. The van der Waals surface area contributed by atoms with Gasteiger partial charge < -0.3 is 4.98 Å². The lowest BCUT2D eigenvalue weighted by atomic mass is 9.96. The largest absolute Gasteiger partial charge is 0.331 e. The van der Waals surface area contributed by atoms with Crippen molar-refractivity contribution in [2.45, 2.75) is 46.1 Å². The molecular formula is C17H22N6O2. The van der Waals surface area contributed by atoms with Gasteiger partial charge in [0.05, 0.1) is 5.69 Å². The van der Waals surface area contributed by atoms with Crippen molar-refractivity contribution in [1.29, 1.82) is 0 Å². The van der Waals surface area contributed by atoms with Gasteiger partial charge in [0.25, 0.3) is 5.56 Å². The normalized spacial score (nSPS) is 14.4. The lowest BCUT2D eigenvalue weighted by Gasteiger charge is -2.10. The summed E-state index contributed by atoms with van der Waals surface area (Å²) in [4.78, 5) is 34.6. The van der Waals surface area contributed by atoms with Crippen LogP contribution in [0.1, 0.15) is 37.9 Å². The maximum absolute atomic E-state index is 12.2. The molecule has 0 bridgehead atoms. The molecule has 0 atom stereocenters. The van der Waals surface area contributed by atoms with Crippen LogP contribution < -0.4 is 11.2 Å². The first-order valence-corrected chi connectivity index (χ1v) is 8.73. The highest BCUT2D eigenvalue weighted by Crippen LogP contribution is 2.30. The van der Waals surface area contributed by atoms with Gasteiger partial charge in [-0.2, -0.15) is 5.10 Å². The molecule has 1 aliphatic carbocycles. The summed E-state index contributed by atoms with van der Waals surface area (Å²) >= 11 is 0. The zero-order valence-corrected chi connectivity index (χ0v) is 14.7. The molecule has 0 unspecified atom stereocenters. The second kappa shape index (κ2) is 5.72. The van der Waals surface area contributed by atoms with Crippen molar-refractivity contribution in [2.75, 3.05) is 0 Å². The van der Waals surface area contributed by atoms with E-state index in [4.69, 9.17) is 0 Å². The van der Waals surface area contributed by atoms with Crippen LogP contribution in [0, 0.1) is 5.92 Å². The first-order chi connectivity index (χ1) is 12.0. The number of H-pyrrole nitrogens is 2. The number of aromatic amines is 2. The topological polar surface area (TPSA) is 101 Å². The average Bonchev–Trinajstić information content (AvgIpc) is 3.11. The third kappa shape index (κ3) is 2.52. The van der Waals surface area contributed by atoms with Gasteiger partial charge >= 0.3 is 5.69 Å². The van der Waals surface area contributed by atoms with Gasteiger partial charge in [0.2, 0.25) is 0 Å². The molecule has 8 heteroatoms. The molecule has 0 fully saturated rings. The molecule has 1 aliphatic rings. The van der Waals surface area contributed by atoms with Gasteiger partial charge in [-0.25, -0.2) is 9.78 Å². The standard InChI is InChI=1S/C17H22N6O2/c1-9(2)8-23-15-12(16(24)20-17(23)25)18-14(19-15)13-10-6-4-5-7-11(10)21-22(13)3/h9H,4-8H2,1-3H3,(H,18,19)(H,20,24,25). The van der Waals surface area contributed by atoms with E-state index >= 15 is 0 Å². The van der Waals surface area contributed by atoms with Crippen molar-refractivity contribution in [3.8, 4) is 11.5 Å². The zero-order valence-electron chi connectivity index (χ0n) is 14.7. The van der Waals surface area contributed by atoms with Crippen LogP contribution in [-0.2, 0) is 26.4 Å². The molecule has 3 heterocycles. The number of aromatic nitrogens is 6. The molecule has 8 nitrogen and oxygen atoms in total. The molecule has 0 saturated heterocycles. The minimum Gasteiger partial charge on any atom is -0.331 e. The Morgan fingerprint density at radius 2 is 1.92 bits per heavy atom. The van der Waals surface area contributed by atoms with Crippen LogP contribution in [-0.4, -0.2) is 29.3 Å². The van der Waals surface area contributed by atoms with Crippen molar-refractivity contribution in [1.82, 2.24) is 29.3 Å². The van der Waals surface area contributed by atoms with E-state index in [2.05, 4.69) is 20.1 Å². The number of nitrogens with zero attached hydrogens (tertiary/aromatic N) is 4. The monoisotopic (exact) mass is 342 g/mol. The van der Waals surface area contributed by atoms with Crippen molar-refractivity contribution in [3.63, 3.8) is 0 Å². The second-order valence-electron chi connectivity index (χ2n) is 7.15. The SMILES string of the molecule is CC(C)Cn1c(=O)[nH]c(=O)c2[nH]c(-c3c4c(nn3C)CCCC4)nc21. The summed E-state index contributed by atoms with van der Waals surface area (Å²) in [7, 11) is 1.90. The predicted octanol–water partition coefficient (Wildman–Crippen LogP) is 1.35. The number of hydrogen-bond donors (Lipinski definition) is 2. The second-order valence-corrected chi connectivity index (χ2v) is 7.15. The maximum atomic E-state index is 12.2. The van der Waals surface area contributed by atoms with E-state index in [0.29, 0.717) is 23.5 Å². The van der Waals surface area contributed by atoms with Crippen molar-refractivity contribution >= 4 is 11.2 Å². The predicted molar refractivity (Wildman–Crippen MR) is 94.7 cm³/mol. The number of aryl methyl sites for hydroxylation is 2. The molecule has 25 heavy (non-hydrogen) atoms. The minimum absolute atomic E-state index is 0.261. The van der Waals surface area contributed by atoms with Gasteiger partial charge in [-0.15, -0.1) is 0 Å². The Bertz CT molecular complexity index is 1070. The summed E-state index contributed by atoms with van der Waals surface area (Å²) in [6.45, 7) is 4.54. The molecule has 0 amide bonds. The van der Waals surface area contributed by atoms with E-state index in [9.17, 15) is 9.59 Å². The van der Waals surface area contributed by atoms with Gasteiger partial charge in [-0.1, -0.05) is 13.8 Å². The highest BCUT2D eigenvalue weighted by Gasteiger charge is 2.23. The molecule has 132 valence electrons. The van der Waals surface area contributed by atoms with Gasteiger partial charge in [0.15, 0.2) is 11.5 Å². The number of rotatable bonds is 3. The molecule has 2 N–H and O–H groups in total. The number of hydrogen-bond acceptors (Lipinski definition) is 4. The van der Waals surface area contributed by atoms with Crippen LogP contribution in [0.2, 0.25) is 0 Å². The van der Waals surface area contributed by atoms with Crippen LogP contribution in [0.15, 0.2) is 9.59 Å². The molecule has 0 aromatic carbocycles. The van der Waals surface area contributed by atoms with Crippen LogP contribution in [0.3, 0.4) is 0 Å². The fraction of sp³-hybridized carbons (Fsp3) is 0.529. The van der Waals surface area contributed by atoms with E-state index in [1.807, 2.05) is 25.6 Å². The van der Waals surface area contributed by atoms with Crippen LogP contribution in [0.5, 0.6) is 0 Å². The van der Waals surface area contributed by atoms with Crippen LogP contribution in [0.4, 0.5) is 0 Å². The highest BCUT2D eigenvalue weighted by molar-refractivity contribution is 5.75. The quantitative estimate of drug-likeness (QED) is 0.750. The molecule has 3 aromatic rings. The minimum atomic E-state index is -0.435. The van der Waals surface area contributed by atoms with Crippen molar-refractivity contribution in [3.05, 3.63) is 32.1 Å². The van der Waals surface area contributed by atoms with E-state index in [-0.39, 0.29) is 5.92 Å². The fourth-order valence-corrected chi connectivity index (χ4v) is 3.67. The molecule has 3 aromatic heterocycles. The summed E-state index contributed by atoms with van der Waals surface area (Å²) < 4.78 is 3.36. The Balaban J connectivity index is 1.96. The average molecular weight is 342 g/mol. The Morgan fingerprint density at radius 3 is 2.68 bits per heavy atom. The van der Waals surface area contributed by atoms with E-state index in [1.165, 1.54) is 10.1 Å². The highest BCUT2D eigenvalue weighted by atomic mass is 16.2. The smallest absolute Gasteiger partial charge is 0.330 e. The number of nitrogens with one attached hydrogen (secondary N) is 2. The third-order valence-electron chi connectivity index (χ3n) is 4.72. The van der Waals surface area contributed by atoms with Gasteiger partial charge in [-0.3, -0.25) is 19.0 Å². The Labute approximate surface area is 143 Å². The summed E-state index contributed by atoms with van der Waals surface area (Å²) in [5, 5.41) is 4.61. The lowest BCUT2D eigenvalue weighted by Crippen LogP contribution is -2.31. The first-order valence-electron chi connectivity index (χ1n) is 8.73. The number of fused-ring (bicyclic) bond motifs is 2. The molecule has 0 radical (unpaired) electrons. The molecular weight excluding hydrogens is 320 g/mol. The van der Waals surface area contributed by atoms with Crippen LogP contribution in [0.25, 0.3) is 22.7 Å². The Kier molecular flexibility index (Phi) is 3.63. The fourth-order valence-electron chi connectivity index (χ4n) is 3.67. The Hall–Kier alpha value is -2.64. The molecule has 4 rings (SSSR count). The lowest BCUT2D eigenvalue weighted by molar-refractivity contribution is 0.513. The summed E-state index contributed by atoms with van der Waals surface area (Å²) in [5.41, 5.74) is 3.10. The van der Waals surface area contributed by atoms with Gasteiger partial charge in [-0.05, 0) is 31.6 Å². The summed E-state index contributed by atoms with van der Waals surface area (Å²) in [6, 6.07) is 0. The van der Waals surface area contributed by atoms with Crippen LogP contribution >= 0.6 is 0 Å². The van der Waals surface area contributed by atoms with E-state index in [0.717, 1.165) is 37.1 Å². The zero-order chi connectivity index (χ0) is 17.7. The Morgan fingerprint density at radius 1 is 1.16 bits per heavy atom. The molecule has 0 spiro atoms. The summed E-state index contributed by atoms with van der Waals surface area (Å²) in [6.07, 6.45) is 4.22. The third-order valence-corrected chi connectivity index (χ3v) is 4.72. The first kappa shape index (κ1) is 15.9. The van der Waals surface area contributed by atoms with Crippen molar-refractivity contribution < 1.29 is 0 Å². The number of imidazole rings is 1. The van der Waals surface area contributed by atoms with Gasteiger partial charge in [0, 0.05) is 19.2 Å². The molecule has 0 aliphatic heterocycles. The van der Waals surface area contributed by atoms with Crippen molar-refractivity contribution in [2.24, 2.45) is 13.0 Å². The molecule has 0 saturated carbocycles. The van der Waals surface area contributed by atoms with E-state index in [1.54, 1.807) is 0 Å². The van der Waals surface area contributed by atoms with E-state index < -0.39 is 11.2 Å². The van der Waals surface area contributed by atoms with Gasteiger partial charge in [0.1, 0.15) is 11.2 Å². The summed E-state index contributed by atoms with van der Waals surface area (Å²) in [5.74, 6) is 0.859.